The highest BCUT2D eigenvalue weighted by molar-refractivity contribution is 7.99. The molecule has 0 unspecified atom stereocenters. The SMILES string of the molecule is O=C(C=C(O)c1nc[nH]n1)c1cocc1Sc1ccccc1Cl. The average Bonchev–Trinajstić information content (AvgIpc) is 3.20. The fourth-order valence-electron chi connectivity index (χ4n) is 1.79. The standard InChI is InChI=1S/C15H10ClN3O3S/c16-10-3-1-2-4-13(10)23-14-7-22-6-9(14)11(20)5-12(21)15-17-8-18-19-15/h1-8,21H,(H,17,18,19). The molecule has 0 bridgehead atoms. The number of allylic oxidation sites excluding steroid dienone is 1. The Balaban J connectivity index is 1.85. The van der Waals surface area contributed by atoms with Crippen molar-refractivity contribution in [2.24, 2.45) is 0 Å². The summed E-state index contributed by atoms with van der Waals surface area (Å²) in [5, 5.41) is 16.6. The highest BCUT2D eigenvalue weighted by Crippen LogP contribution is 2.35. The number of aliphatic hydroxyl groups excluding tert-OH is 1. The van der Waals surface area contributed by atoms with Crippen LogP contribution in [-0.2, 0) is 0 Å². The molecule has 2 N–H and O–H groups in total. The van der Waals surface area contributed by atoms with Gasteiger partial charge in [0.05, 0.1) is 15.5 Å². The number of hydrogen-bond acceptors (Lipinski definition) is 6. The van der Waals surface area contributed by atoms with Gasteiger partial charge in [0.2, 0.25) is 5.82 Å². The molecular weight excluding hydrogens is 338 g/mol. The first kappa shape index (κ1) is 15.4. The van der Waals surface area contributed by atoms with E-state index in [1.165, 1.54) is 30.6 Å². The number of ketones is 1. The lowest BCUT2D eigenvalue weighted by atomic mass is 10.2. The lowest BCUT2D eigenvalue weighted by Crippen LogP contribution is -1.97. The van der Waals surface area contributed by atoms with Crippen molar-refractivity contribution in [1.82, 2.24) is 15.2 Å². The first-order chi connectivity index (χ1) is 11.1. The van der Waals surface area contributed by atoms with E-state index in [1.54, 1.807) is 6.07 Å². The molecule has 0 radical (unpaired) electrons. The summed E-state index contributed by atoms with van der Waals surface area (Å²) >= 11 is 7.42. The van der Waals surface area contributed by atoms with Gasteiger partial charge in [0.25, 0.3) is 0 Å². The molecule has 23 heavy (non-hydrogen) atoms. The van der Waals surface area contributed by atoms with E-state index in [-0.39, 0.29) is 11.6 Å². The van der Waals surface area contributed by atoms with Crippen molar-refractivity contribution in [1.29, 1.82) is 0 Å². The van der Waals surface area contributed by atoms with Gasteiger partial charge >= 0.3 is 0 Å². The van der Waals surface area contributed by atoms with E-state index in [0.29, 0.717) is 15.5 Å². The minimum absolute atomic E-state index is 0.0437. The number of furan rings is 1. The summed E-state index contributed by atoms with van der Waals surface area (Å²) in [6, 6.07) is 7.28. The Morgan fingerprint density at radius 2 is 2.13 bits per heavy atom. The maximum absolute atomic E-state index is 12.3. The predicted octanol–water partition coefficient (Wildman–Crippen LogP) is 3.98. The molecule has 0 saturated carbocycles. The number of nitrogens with zero attached hydrogens (tertiary/aromatic N) is 2. The van der Waals surface area contributed by atoms with Crippen LogP contribution in [0.25, 0.3) is 5.76 Å². The number of halogens is 1. The zero-order valence-electron chi connectivity index (χ0n) is 11.6. The minimum atomic E-state index is -0.421. The topological polar surface area (TPSA) is 92.0 Å². The van der Waals surface area contributed by atoms with Crippen molar-refractivity contribution >= 4 is 34.9 Å². The second-order valence-electron chi connectivity index (χ2n) is 4.40. The van der Waals surface area contributed by atoms with E-state index < -0.39 is 5.78 Å². The van der Waals surface area contributed by atoms with Crippen LogP contribution < -0.4 is 0 Å². The van der Waals surface area contributed by atoms with Gasteiger partial charge in [-0.3, -0.25) is 9.89 Å². The van der Waals surface area contributed by atoms with Crippen LogP contribution in [0, 0.1) is 0 Å². The number of nitrogens with one attached hydrogen (secondary N) is 1. The van der Waals surface area contributed by atoms with Crippen molar-refractivity contribution in [3.63, 3.8) is 0 Å². The number of aromatic nitrogens is 3. The summed E-state index contributed by atoms with van der Waals surface area (Å²) in [5.74, 6) is -0.705. The second kappa shape index (κ2) is 6.72. The summed E-state index contributed by atoms with van der Waals surface area (Å²) in [7, 11) is 0. The van der Waals surface area contributed by atoms with Crippen LogP contribution in [0.2, 0.25) is 5.02 Å². The number of aliphatic hydroxyl groups is 1. The maximum Gasteiger partial charge on any atom is 0.215 e. The average molecular weight is 348 g/mol. The Morgan fingerprint density at radius 1 is 1.30 bits per heavy atom. The Kier molecular flexibility index (Phi) is 4.50. The monoisotopic (exact) mass is 347 g/mol. The quantitative estimate of drug-likeness (QED) is 0.412. The molecule has 3 aromatic rings. The highest BCUT2D eigenvalue weighted by atomic mass is 35.5. The second-order valence-corrected chi connectivity index (χ2v) is 5.89. The molecule has 0 fully saturated rings. The zero-order valence-corrected chi connectivity index (χ0v) is 13.1. The van der Waals surface area contributed by atoms with Crippen LogP contribution in [-0.4, -0.2) is 26.1 Å². The van der Waals surface area contributed by atoms with Crippen LogP contribution in [0.15, 0.2) is 63.4 Å². The zero-order chi connectivity index (χ0) is 16.2. The minimum Gasteiger partial charge on any atom is -0.504 e. The molecule has 8 heteroatoms. The number of benzene rings is 1. The molecule has 6 nitrogen and oxygen atoms in total. The molecule has 116 valence electrons. The molecule has 0 spiro atoms. The van der Waals surface area contributed by atoms with Gasteiger partial charge in [-0.2, -0.15) is 5.10 Å². The van der Waals surface area contributed by atoms with Gasteiger partial charge in [-0.1, -0.05) is 35.5 Å². The normalized spacial score (nSPS) is 11.6. The van der Waals surface area contributed by atoms with Gasteiger partial charge in [0, 0.05) is 11.0 Å². The lowest BCUT2D eigenvalue weighted by Gasteiger charge is -2.03. The Morgan fingerprint density at radius 3 is 2.87 bits per heavy atom. The van der Waals surface area contributed by atoms with E-state index in [2.05, 4.69) is 15.2 Å². The van der Waals surface area contributed by atoms with E-state index in [4.69, 9.17) is 16.0 Å². The largest absolute Gasteiger partial charge is 0.504 e. The van der Waals surface area contributed by atoms with Gasteiger partial charge in [0.1, 0.15) is 18.9 Å². The van der Waals surface area contributed by atoms with E-state index in [1.807, 2.05) is 18.2 Å². The maximum atomic E-state index is 12.3. The van der Waals surface area contributed by atoms with Crippen LogP contribution >= 0.6 is 23.4 Å². The summed E-state index contributed by atoms with van der Waals surface area (Å²) in [5.41, 5.74) is 0.317. The number of H-pyrrole nitrogens is 1. The third-order valence-electron chi connectivity index (χ3n) is 2.86. The highest BCUT2D eigenvalue weighted by Gasteiger charge is 2.16. The molecule has 2 heterocycles. The summed E-state index contributed by atoms with van der Waals surface area (Å²) in [4.78, 5) is 17.5. The number of carbonyl (C=O) groups is 1. The number of rotatable bonds is 5. The van der Waals surface area contributed by atoms with Crippen molar-refractivity contribution in [2.75, 3.05) is 0 Å². The van der Waals surface area contributed by atoms with E-state index in [9.17, 15) is 9.90 Å². The van der Waals surface area contributed by atoms with Gasteiger partial charge in [0.15, 0.2) is 11.5 Å². The lowest BCUT2D eigenvalue weighted by molar-refractivity contribution is 0.104. The molecule has 0 saturated heterocycles. The summed E-state index contributed by atoms with van der Waals surface area (Å²) < 4.78 is 5.12. The molecule has 0 aliphatic carbocycles. The van der Waals surface area contributed by atoms with Gasteiger partial charge in [-0.05, 0) is 12.1 Å². The van der Waals surface area contributed by atoms with Crippen molar-refractivity contribution in [3.8, 4) is 0 Å². The fraction of sp³-hybridized carbons (Fsp3) is 0. The molecule has 0 aliphatic heterocycles. The molecule has 2 aromatic heterocycles. The number of aromatic amines is 1. The van der Waals surface area contributed by atoms with Crippen LogP contribution in [0.4, 0.5) is 0 Å². The first-order valence-electron chi connectivity index (χ1n) is 6.45. The van der Waals surface area contributed by atoms with E-state index >= 15 is 0 Å². The Bertz CT molecular complexity index is 858. The Hall–Kier alpha value is -2.51. The van der Waals surface area contributed by atoms with Gasteiger partial charge < -0.3 is 9.52 Å². The number of carbonyl (C=O) groups excluding carboxylic acids is 1. The van der Waals surface area contributed by atoms with Crippen LogP contribution in [0.5, 0.6) is 0 Å². The smallest absolute Gasteiger partial charge is 0.215 e. The molecule has 1 aromatic carbocycles. The molecule has 0 aliphatic rings. The van der Waals surface area contributed by atoms with E-state index in [0.717, 1.165) is 11.0 Å². The van der Waals surface area contributed by atoms with Gasteiger partial charge in [-0.15, -0.1) is 0 Å². The Labute approximate surface area is 140 Å². The van der Waals surface area contributed by atoms with Crippen LogP contribution in [0.3, 0.4) is 0 Å². The third kappa shape index (κ3) is 3.46. The van der Waals surface area contributed by atoms with Crippen molar-refractivity contribution in [2.45, 2.75) is 9.79 Å². The molecule has 3 rings (SSSR count). The predicted molar refractivity (Wildman–Crippen MR) is 85.6 cm³/mol. The fourth-order valence-corrected chi connectivity index (χ4v) is 2.95. The summed E-state index contributed by atoms with van der Waals surface area (Å²) in [6.45, 7) is 0. The third-order valence-corrected chi connectivity index (χ3v) is 4.41. The molecule has 0 amide bonds. The van der Waals surface area contributed by atoms with Crippen LogP contribution in [0.1, 0.15) is 16.2 Å². The molecule has 0 atom stereocenters. The summed E-state index contributed by atoms with van der Waals surface area (Å²) in [6.07, 6.45) is 5.13. The number of hydrogen-bond donors (Lipinski definition) is 2. The van der Waals surface area contributed by atoms with Crippen molar-refractivity contribution < 1.29 is 14.3 Å². The first-order valence-corrected chi connectivity index (χ1v) is 7.64. The molecular formula is C15H10ClN3O3S. The van der Waals surface area contributed by atoms with Gasteiger partial charge in [-0.25, -0.2) is 4.98 Å². The van der Waals surface area contributed by atoms with Crippen molar-refractivity contribution in [3.05, 3.63) is 65.6 Å².